The number of Topliss-reactive ketones (excluding diaryl/α,β-unsaturated/α-hetero) is 1. The fourth-order valence-electron chi connectivity index (χ4n) is 2.83. The third-order valence-electron chi connectivity index (χ3n) is 3.97. The molecule has 4 heteroatoms. The first-order valence-electron chi connectivity index (χ1n) is 7.19. The molecule has 0 radical (unpaired) electrons. The highest BCUT2D eigenvalue weighted by Gasteiger charge is 2.19. The van der Waals surface area contributed by atoms with Gasteiger partial charge in [-0.2, -0.15) is 0 Å². The summed E-state index contributed by atoms with van der Waals surface area (Å²) in [5.41, 5.74) is 6.77. The van der Waals surface area contributed by atoms with E-state index >= 15 is 0 Å². The van der Waals surface area contributed by atoms with Crippen molar-refractivity contribution >= 4 is 23.3 Å². The lowest BCUT2D eigenvalue weighted by Gasteiger charge is -2.23. The van der Waals surface area contributed by atoms with Crippen molar-refractivity contribution in [1.29, 1.82) is 0 Å². The molecule has 0 bridgehead atoms. The van der Waals surface area contributed by atoms with Gasteiger partial charge in [0.25, 0.3) is 0 Å². The third kappa shape index (κ3) is 3.83. The summed E-state index contributed by atoms with van der Waals surface area (Å²) in [4.78, 5) is 22.6. The molecule has 1 saturated carbocycles. The van der Waals surface area contributed by atoms with E-state index in [4.69, 9.17) is 17.3 Å². The number of amides is 1. The Balaban J connectivity index is 2.08. The number of halogens is 1. The predicted molar refractivity (Wildman–Crippen MR) is 80.0 cm³/mol. The van der Waals surface area contributed by atoms with Crippen molar-refractivity contribution < 1.29 is 9.59 Å². The summed E-state index contributed by atoms with van der Waals surface area (Å²) in [5, 5.41) is 0.668. The Morgan fingerprint density at radius 3 is 2.45 bits per heavy atom. The first-order chi connectivity index (χ1) is 9.58. The van der Waals surface area contributed by atoms with Crippen molar-refractivity contribution in [2.75, 3.05) is 0 Å². The first kappa shape index (κ1) is 15.0. The Kier molecular flexibility index (Phi) is 5.18. The summed E-state index contributed by atoms with van der Waals surface area (Å²) in [6.45, 7) is 0. The molecule has 0 saturated heterocycles. The van der Waals surface area contributed by atoms with Crippen LogP contribution in [-0.4, -0.2) is 11.7 Å². The minimum absolute atomic E-state index is 0.0825. The SMILES string of the molecule is NC(=O)CCC(=O)c1ccc(C2CCCCC2)c(Cl)c1. The molecule has 3 nitrogen and oxygen atoms in total. The lowest BCUT2D eigenvalue weighted by molar-refractivity contribution is -0.118. The molecule has 2 N–H and O–H groups in total. The van der Waals surface area contributed by atoms with E-state index in [0.29, 0.717) is 16.5 Å². The van der Waals surface area contributed by atoms with E-state index in [0.717, 1.165) is 5.56 Å². The summed E-state index contributed by atoms with van der Waals surface area (Å²) in [7, 11) is 0. The summed E-state index contributed by atoms with van der Waals surface area (Å²) < 4.78 is 0. The number of carbonyl (C=O) groups is 2. The van der Waals surface area contributed by atoms with Crippen LogP contribution in [-0.2, 0) is 4.79 Å². The van der Waals surface area contributed by atoms with Crippen LogP contribution in [0.4, 0.5) is 0 Å². The number of benzene rings is 1. The van der Waals surface area contributed by atoms with Crippen LogP contribution in [0.2, 0.25) is 5.02 Å². The Morgan fingerprint density at radius 2 is 1.85 bits per heavy atom. The van der Waals surface area contributed by atoms with Gasteiger partial charge in [0.2, 0.25) is 5.91 Å². The molecule has 1 aliphatic carbocycles. The molecule has 20 heavy (non-hydrogen) atoms. The first-order valence-corrected chi connectivity index (χ1v) is 7.56. The number of ketones is 1. The largest absolute Gasteiger partial charge is 0.370 e. The van der Waals surface area contributed by atoms with Crippen molar-refractivity contribution in [3.8, 4) is 0 Å². The van der Waals surface area contributed by atoms with Crippen LogP contribution in [0.15, 0.2) is 18.2 Å². The Labute approximate surface area is 124 Å². The maximum atomic E-state index is 11.9. The highest BCUT2D eigenvalue weighted by atomic mass is 35.5. The van der Waals surface area contributed by atoms with Crippen LogP contribution in [0.1, 0.15) is 66.8 Å². The summed E-state index contributed by atoms with van der Waals surface area (Å²) in [5.74, 6) is -0.0183. The van der Waals surface area contributed by atoms with Crippen molar-refractivity contribution in [2.45, 2.75) is 50.9 Å². The van der Waals surface area contributed by atoms with Crippen molar-refractivity contribution in [2.24, 2.45) is 5.73 Å². The van der Waals surface area contributed by atoms with E-state index in [1.54, 1.807) is 6.07 Å². The predicted octanol–water partition coefficient (Wildman–Crippen LogP) is 3.84. The molecule has 0 aromatic heterocycles. The van der Waals surface area contributed by atoms with Crippen molar-refractivity contribution in [1.82, 2.24) is 0 Å². The van der Waals surface area contributed by atoms with E-state index in [2.05, 4.69) is 0 Å². The molecule has 1 aromatic carbocycles. The summed E-state index contributed by atoms with van der Waals surface area (Å²) in [6, 6.07) is 5.52. The number of primary amides is 1. The Hall–Kier alpha value is -1.35. The quantitative estimate of drug-likeness (QED) is 0.839. The molecule has 0 atom stereocenters. The second-order valence-electron chi connectivity index (χ2n) is 5.46. The van der Waals surface area contributed by atoms with Gasteiger partial charge < -0.3 is 5.73 Å². The Morgan fingerprint density at radius 1 is 1.15 bits per heavy atom. The molecule has 1 aliphatic rings. The van der Waals surface area contributed by atoms with Crippen LogP contribution >= 0.6 is 11.6 Å². The number of rotatable bonds is 5. The molecule has 0 aliphatic heterocycles. The van der Waals surface area contributed by atoms with Crippen molar-refractivity contribution in [3.05, 3.63) is 34.3 Å². The third-order valence-corrected chi connectivity index (χ3v) is 4.29. The van der Waals surface area contributed by atoms with Gasteiger partial charge in [-0.1, -0.05) is 43.0 Å². The van der Waals surface area contributed by atoms with Gasteiger partial charge in [-0.3, -0.25) is 9.59 Å². The second-order valence-corrected chi connectivity index (χ2v) is 5.87. The lowest BCUT2D eigenvalue weighted by atomic mass is 9.83. The normalized spacial score (nSPS) is 16.1. The molecule has 1 aromatic rings. The standard InChI is InChI=1S/C16H20ClNO2/c17-14-10-12(15(19)8-9-16(18)20)6-7-13(14)11-4-2-1-3-5-11/h6-7,10-11H,1-5,8-9H2,(H2,18,20). The molecule has 1 fully saturated rings. The molecule has 0 heterocycles. The number of carbonyl (C=O) groups excluding carboxylic acids is 2. The molecule has 108 valence electrons. The highest BCUT2D eigenvalue weighted by molar-refractivity contribution is 6.31. The number of hydrogen-bond acceptors (Lipinski definition) is 2. The molecule has 2 rings (SSSR count). The highest BCUT2D eigenvalue weighted by Crippen LogP contribution is 2.36. The van der Waals surface area contributed by atoms with E-state index in [1.165, 1.54) is 32.1 Å². The van der Waals surface area contributed by atoms with E-state index < -0.39 is 5.91 Å². The minimum atomic E-state index is -0.455. The van der Waals surface area contributed by atoms with E-state index in [-0.39, 0.29) is 18.6 Å². The van der Waals surface area contributed by atoms with Crippen LogP contribution < -0.4 is 5.73 Å². The fraction of sp³-hybridized carbons (Fsp3) is 0.500. The Bertz CT molecular complexity index is 507. The molecule has 1 amide bonds. The average Bonchev–Trinajstić information content (AvgIpc) is 2.45. The maximum absolute atomic E-state index is 11.9. The summed E-state index contributed by atoms with van der Waals surface area (Å²) >= 11 is 6.33. The number of nitrogens with two attached hydrogens (primary N) is 1. The number of hydrogen-bond donors (Lipinski definition) is 1. The lowest BCUT2D eigenvalue weighted by Crippen LogP contribution is -2.13. The van der Waals surface area contributed by atoms with Crippen LogP contribution in [0.3, 0.4) is 0 Å². The van der Waals surface area contributed by atoms with Crippen LogP contribution in [0, 0.1) is 0 Å². The van der Waals surface area contributed by atoms with Gasteiger partial charge in [-0.05, 0) is 30.4 Å². The van der Waals surface area contributed by atoms with Gasteiger partial charge in [0.1, 0.15) is 0 Å². The molecular formula is C16H20ClNO2. The van der Waals surface area contributed by atoms with Gasteiger partial charge >= 0.3 is 0 Å². The fourth-order valence-corrected chi connectivity index (χ4v) is 3.16. The molecule has 0 spiro atoms. The van der Waals surface area contributed by atoms with E-state index in [9.17, 15) is 9.59 Å². The van der Waals surface area contributed by atoms with Gasteiger partial charge in [0, 0.05) is 23.4 Å². The van der Waals surface area contributed by atoms with Crippen LogP contribution in [0.25, 0.3) is 0 Å². The van der Waals surface area contributed by atoms with Gasteiger partial charge in [0.15, 0.2) is 5.78 Å². The van der Waals surface area contributed by atoms with Crippen molar-refractivity contribution in [3.63, 3.8) is 0 Å². The van der Waals surface area contributed by atoms with Gasteiger partial charge in [-0.25, -0.2) is 0 Å². The zero-order chi connectivity index (χ0) is 14.5. The average molecular weight is 294 g/mol. The second kappa shape index (κ2) is 6.89. The van der Waals surface area contributed by atoms with Gasteiger partial charge in [0.05, 0.1) is 0 Å². The zero-order valence-corrected chi connectivity index (χ0v) is 12.3. The monoisotopic (exact) mass is 293 g/mol. The zero-order valence-electron chi connectivity index (χ0n) is 11.5. The smallest absolute Gasteiger partial charge is 0.217 e. The summed E-state index contributed by atoms with van der Waals surface area (Å²) in [6.07, 6.45) is 6.39. The molecular weight excluding hydrogens is 274 g/mol. The topological polar surface area (TPSA) is 60.2 Å². The minimum Gasteiger partial charge on any atom is -0.370 e. The maximum Gasteiger partial charge on any atom is 0.217 e. The van der Waals surface area contributed by atoms with Gasteiger partial charge in [-0.15, -0.1) is 0 Å². The van der Waals surface area contributed by atoms with E-state index in [1.807, 2.05) is 12.1 Å². The van der Waals surface area contributed by atoms with Crippen LogP contribution in [0.5, 0.6) is 0 Å². The molecule has 0 unspecified atom stereocenters.